The molecule has 0 aliphatic carbocycles. The number of hydrogen-bond acceptors (Lipinski definition) is 3. The Morgan fingerprint density at radius 2 is 1.93 bits per heavy atom. The zero-order valence-electron chi connectivity index (χ0n) is 8.82. The average Bonchev–Trinajstić information content (AvgIpc) is 2.02. The van der Waals surface area contributed by atoms with Crippen LogP contribution in [-0.4, -0.2) is 27.3 Å². The Bertz CT molecular complexity index is 217. The lowest BCUT2D eigenvalue weighted by Gasteiger charge is -2.07. The second-order valence-electron chi connectivity index (χ2n) is 3.54. The van der Waals surface area contributed by atoms with Gasteiger partial charge in [0.25, 0.3) is 0 Å². The van der Waals surface area contributed by atoms with E-state index in [4.69, 9.17) is 5.73 Å². The fourth-order valence-electron chi connectivity index (χ4n) is 0.793. The zero-order chi connectivity index (χ0) is 10.3. The molecule has 0 spiro atoms. The van der Waals surface area contributed by atoms with Gasteiger partial charge < -0.3 is 5.73 Å². The van der Waals surface area contributed by atoms with Crippen molar-refractivity contribution >= 4 is 22.4 Å². The van der Waals surface area contributed by atoms with Gasteiger partial charge in [-0.1, -0.05) is 13.8 Å². The number of nitrogens with one attached hydrogen (secondary N) is 1. The first kappa shape index (κ1) is 16.6. The minimum atomic E-state index is -3.05. The number of rotatable bonds is 7. The van der Waals surface area contributed by atoms with Crippen LogP contribution < -0.4 is 10.5 Å². The molecular formula is C8H21ClN2O2S. The highest BCUT2D eigenvalue weighted by molar-refractivity contribution is 7.89. The summed E-state index contributed by atoms with van der Waals surface area (Å²) in [6, 6.07) is 0. The van der Waals surface area contributed by atoms with Crippen molar-refractivity contribution in [3.8, 4) is 0 Å². The van der Waals surface area contributed by atoms with E-state index in [1.165, 1.54) is 0 Å². The second-order valence-corrected chi connectivity index (χ2v) is 5.46. The number of nitrogens with two attached hydrogens (primary N) is 1. The maximum atomic E-state index is 11.3. The van der Waals surface area contributed by atoms with Crippen LogP contribution in [0.1, 0.15) is 26.7 Å². The highest BCUT2D eigenvalue weighted by atomic mass is 35.5. The van der Waals surface area contributed by atoms with Gasteiger partial charge in [0.2, 0.25) is 10.0 Å². The maximum Gasteiger partial charge on any atom is 0.211 e. The Morgan fingerprint density at radius 1 is 1.36 bits per heavy atom. The summed E-state index contributed by atoms with van der Waals surface area (Å²) in [6.45, 7) is 4.99. The molecule has 0 aromatic heterocycles. The average molecular weight is 245 g/mol. The lowest BCUT2D eigenvalue weighted by molar-refractivity contribution is 0.560. The van der Waals surface area contributed by atoms with E-state index in [9.17, 15) is 8.42 Å². The minimum Gasteiger partial charge on any atom is -0.330 e. The summed E-state index contributed by atoms with van der Waals surface area (Å²) in [5, 5.41) is 0. The molecule has 0 amide bonds. The van der Waals surface area contributed by atoms with Crippen molar-refractivity contribution in [1.82, 2.24) is 4.72 Å². The fraction of sp³-hybridized carbons (Fsp3) is 1.00. The van der Waals surface area contributed by atoms with Crippen LogP contribution in [0.2, 0.25) is 0 Å². The summed E-state index contributed by atoms with van der Waals surface area (Å²) in [6.07, 6.45) is 1.40. The molecule has 0 heterocycles. The number of sulfonamides is 1. The molecule has 4 nitrogen and oxygen atoms in total. The molecule has 0 atom stereocenters. The first-order valence-corrected chi connectivity index (χ1v) is 6.30. The van der Waals surface area contributed by atoms with Crippen LogP contribution >= 0.6 is 12.4 Å². The summed E-state index contributed by atoms with van der Waals surface area (Å²) in [5.41, 5.74) is 5.25. The van der Waals surface area contributed by atoms with E-state index in [0.29, 0.717) is 31.8 Å². The van der Waals surface area contributed by atoms with Crippen LogP contribution in [0.5, 0.6) is 0 Å². The van der Waals surface area contributed by atoms with E-state index >= 15 is 0 Å². The standard InChI is InChI=1S/C8H20N2O2S.ClH/c1-8(2)4-7-13(11,12)10-6-3-5-9;/h8,10H,3-7,9H2,1-2H3;1H. The summed E-state index contributed by atoms with van der Waals surface area (Å²) in [4.78, 5) is 0. The van der Waals surface area contributed by atoms with E-state index < -0.39 is 10.0 Å². The Morgan fingerprint density at radius 3 is 2.36 bits per heavy atom. The zero-order valence-corrected chi connectivity index (χ0v) is 10.5. The highest BCUT2D eigenvalue weighted by Gasteiger charge is 2.09. The molecule has 0 unspecified atom stereocenters. The number of halogens is 1. The van der Waals surface area contributed by atoms with Crippen LogP contribution in [0.4, 0.5) is 0 Å². The van der Waals surface area contributed by atoms with Crippen LogP contribution in [-0.2, 0) is 10.0 Å². The molecule has 0 bridgehead atoms. The fourth-order valence-corrected chi connectivity index (χ4v) is 2.17. The summed E-state index contributed by atoms with van der Waals surface area (Å²) in [5.74, 6) is 0.640. The summed E-state index contributed by atoms with van der Waals surface area (Å²) < 4.78 is 25.0. The Hall–Kier alpha value is 0.160. The predicted octanol–water partition coefficient (Wildman–Crippen LogP) is 0.722. The van der Waals surface area contributed by atoms with E-state index in [2.05, 4.69) is 4.72 Å². The van der Waals surface area contributed by atoms with Gasteiger partial charge in [0.1, 0.15) is 0 Å². The first-order chi connectivity index (χ1) is 5.98. The highest BCUT2D eigenvalue weighted by Crippen LogP contribution is 2.01. The molecule has 88 valence electrons. The van der Waals surface area contributed by atoms with Crippen LogP contribution in [0.25, 0.3) is 0 Å². The predicted molar refractivity (Wildman–Crippen MR) is 62.2 cm³/mol. The molecule has 0 saturated carbocycles. The van der Waals surface area contributed by atoms with E-state index in [1.807, 2.05) is 13.8 Å². The Kier molecular flexibility index (Phi) is 10.0. The molecule has 0 radical (unpaired) electrons. The third kappa shape index (κ3) is 10.2. The minimum absolute atomic E-state index is 0. The first-order valence-electron chi connectivity index (χ1n) is 4.65. The molecular weight excluding hydrogens is 224 g/mol. The third-order valence-corrected chi connectivity index (χ3v) is 3.08. The molecule has 0 saturated heterocycles. The van der Waals surface area contributed by atoms with Gasteiger partial charge in [-0.15, -0.1) is 12.4 Å². The van der Waals surface area contributed by atoms with Gasteiger partial charge in [0.05, 0.1) is 5.75 Å². The van der Waals surface area contributed by atoms with Crippen molar-refractivity contribution in [2.75, 3.05) is 18.8 Å². The molecule has 0 fully saturated rings. The van der Waals surface area contributed by atoms with Crippen molar-refractivity contribution in [2.24, 2.45) is 11.7 Å². The molecule has 6 heteroatoms. The van der Waals surface area contributed by atoms with Gasteiger partial charge in [-0.05, 0) is 25.3 Å². The molecule has 3 N–H and O–H groups in total. The van der Waals surface area contributed by atoms with Crippen molar-refractivity contribution < 1.29 is 8.42 Å². The molecule has 0 aliphatic heterocycles. The quantitative estimate of drug-likeness (QED) is 0.649. The van der Waals surface area contributed by atoms with E-state index in [1.54, 1.807) is 0 Å². The Labute approximate surface area is 93.1 Å². The number of hydrogen-bond donors (Lipinski definition) is 2. The molecule has 0 rings (SSSR count). The van der Waals surface area contributed by atoms with Crippen LogP contribution in [0, 0.1) is 5.92 Å². The SMILES string of the molecule is CC(C)CCS(=O)(=O)NCCCN.Cl. The Balaban J connectivity index is 0. The molecule has 0 aliphatic rings. The monoisotopic (exact) mass is 244 g/mol. The summed E-state index contributed by atoms with van der Waals surface area (Å²) in [7, 11) is -3.05. The van der Waals surface area contributed by atoms with E-state index in [-0.39, 0.29) is 18.2 Å². The topological polar surface area (TPSA) is 72.2 Å². The second kappa shape index (κ2) is 8.47. The molecule has 0 aromatic rings. The van der Waals surface area contributed by atoms with Crippen LogP contribution in [0.3, 0.4) is 0 Å². The van der Waals surface area contributed by atoms with Crippen molar-refractivity contribution in [2.45, 2.75) is 26.7 Å². The normalized spacial score (nSPS) is 11.4. The third-order valence-electron chi connectivity index (χ3n) is 1.67. The van der Waals surface area contributed by atoms with Gasteiger partial charge in [-0.25, -0.2) is 13.1 Å². The summed E-state index contributed by atoms with van der Waals surface area (Å²) >= 11 is 0. The molecule has 14 heavy (non-hydrogen) atoms. The smallest absolute Gasteiger partial charge is 0.211 e. The van der Waals surface area contributed by atoms with Gasteiger partial charge in [-0.2, -0.15) is 0 Å². The van der Waals surface area contributed by atoms with Crippen molar-refractivity contribution in [1.29, 1.82) is 0 Å². The van der Waals surface area contributed by atoms with Gasteiger partial charge >= 0.3 is 0 Å². The van der Waals surface area contributed by atoms with Crippen molar-refractivity contribution in [3.05, 3.63) is 0 Å². The van der Waals surface area contributed by atoms with Gasteiger partial charge in [-0.3, -0.25) is 0 Å². The lowest BCUT2D eigenvalue weighted by Crippen LogP contribution is -2.29. The van der Waals surface area contributed by atoms with Crippen molar-refractivity contribution in [3.63, 3.8) is 0 Å². The van der Waals surface area contributed by atoms with E-state index in [0.717, 1.165) is 0 Å². The lowest BCUT2D eigenvalue weighted by atomic mass is 10.2. The largest absolute Gasteiger partial charge is 0.330 e. The molecule has 0 aromatic carbocycles. The van der Waals surface area contributed by atoms with Crippen LogP contribution in [0.15, 0.2) is 0 Å². The van der Waals surface area contributed by atoms with Gasteiger partial charge in [0.15, 0.2) is 0 Å². The maximum absolute atomic E-state index is 11.3. The van der Waals surface area contributed by atoms with Gasteiger partial charge in [0, 0.05) is 6.54 Å².